The van der Waals surface area contributed by atoms with Crippen molar-refractivity contribution in [3.8, 4) is 0 Å². The molecule has 29 heavy (non-hydrogen) atoms. The van der Waals surface area contributed by atoms with E-state index in [0.29, 0.717) is 18.0 Å². The van der Waals surface area contributed by atoms with Gasteiger partial charge in [-0.1, -0.05) is 17.4 Å². The lowest BCUT2D eigenvalue weighted by atomic mass is 9.97. The zero-order valence-corrected chi connectivity index (χ0v) is 18.4. The van der Waals surface area contributed by atoms with Gasteiger partial charge in [-0.05, 0) is 65.2 Å². The zero-order valence-electron chi connectivity index (χ0n) is 15.1. The van der Waals surface area contributed by atoms with Crippen molar-refractivity contribution < 1.29 is 17.6 Å². The lowest BCUT2D eigenvalue weighted by Gasteiger charge is -2.30. The lowest BCUT2D eigenvalue weighted by molar-refractivity contribution is -0.120. The Labute approximate surface area is 179 Å². The number of thiazole rings is 1. The standard InChI is InChI=1S/C19H17BrFN3O3S2/c20-15-2-1-3-16-17(15)22-19(28-16)23-18(25)12-8-10-24(11-9-12)29(26,27)14-6-4-13(21)5-7-14/h1-7,12H,8-11H2,(H,22,23,25). The summed E-state index contributed by atoms with van der Waals surface area (Å²) in [5.74, 6) is -0.926. The number of hydrogen-bond donors (Lipinski definition) is 1. The number of para-hydroxylation sites is 1. The number of carbonyl (C=O) groups excluding carboxylic acids is 1. The number of hydrogen-bond acceptors (Lipinski definition) is 5. The van der Waals surface area contributed by atoms with E-state index in [0.717, 1.165) is 26.8 Å². The Kier molecular flexibility index (Phi) is 5.69. The summed E-state index contributed by atoms with van der Waals surface area (Å²) in [6.45, 7) is 0.479. The number of rotatable bonds is 4. The van der Waals surface area contributed by atoms with Crippen LogP contribution >= 0.6 is 27.3 Å². The Hall–Kier alpha value is -1.88. The highest BCUT2D eigenvalue weighted by Gasteiger charge is 2.32. The maximum absolute atomic E-state index is 13.1. The van der Waals surface area contributed by atoms with Crippen LogP contribution in [-0.2, 0) is 14.8 Å². The van der Waals surface area contributed by atoms with Gasteiger partial charge in [0.2, 0.25) is 15.9 Å². The Morgan fingerprint density at radius 3 is 2.52 bits per heavy atom. The summed E-state index contributed by atoms with van der Waals surface area (Å²) in [6.07, 6.45) is 0.835. The SMILES string of the molecule is O=C(Nc1nc2c(Br)cccc2s1)C1CCN(S(=O)(=O)c2ccc(F)cc2)CC1. The summed E-state index contributed by atoms with van der Waals surface area (Å²) in [4.78, 5) is 17.1. The molecule has 2 heterocycles. The fourth-order valence-corrected chi connectivity index (χ4v) is 6.24. The monoisotopic (exact) mass is 497 g/mol. The average molecular weight is 498 g/mol. The number of fused-ring (bicyclic) bond motifs is 1. The molecule has 0 atom stereocenters. The topological polar surface area (TPSA) is 79.4 Å². The van der Waals surface area contributed by atoms with Gasteiger partial charge in [-0.3, -0.25) is 4.79 Å². The second-order valence-electron chi connectivity index (χ2n) is 6.73. The van der Waals surface area contributed by atoms with Crippen LogP contribution < -0.4 is 5.32 Å². The first kappa shape index (κ1) is 20.4. The molecule has 0 radical (unpaired) electrons. The van der Waals surface area contributed by atoms with E-state index in [1.54, 1.807) is 0 Å². The lowest BCUT2D eigenvalue weighted by Crippen LogP contribution is -2.41. The molecule has 1 aromatic heterocycles. The highest BCUT2D eigenvalue weighted by atomic mass is 79.9. The van der Waals surface area contributed by atoms with Crippen LogP contribution in [0.5, 0.6) is 0 Å². The number of carbonyl (C=O) groups is 1. The van der Waals surface area contributed by atoms with E-state index in [4.69, 9.17) is 0 Å². The molecule has 1 aliphatic rings. The summed E-state index contributed by atoms with van der Waals surface area (Å²) >= 11 is 4.85. The second kappa shape index (κ2) is 8.10. The highest BCUT2D eigenvalue weighted by Crippen LogP contribution is 2.32. The molecule has 2 aromatic carbocycles. The second-order valence-corrected chi connectivity index (χ2v) is 10.6. The number of benzene rings is 2. The molecule has 1 fully saturated rings. The molecule has 152 valence electrons. The molecular formula is C19H17BrFN3O3S2. The minimum Gasteiger partial charge on any atom is -0.302 e. The molecule has 3 aromatic rings. The van der Waals surface area contributed by atoms with Gasteiger partial charge in [0.15, 0.2) is 5.13 Å². The van der Waals surface area contributed by atoms with Crippen LogP contribution in [0.1, 0.15) is 12.8 Å². The van der Waals surface area contributed by atoms with Gasteiger partial charge in [0.25, 0.3) is 0 Å². The summed E-state index contributed by atoms with van der Waals surface area (Å²) in [5, 5.41) is 3.38. The molecule has 0 saturated carbocycles. The molecule has 0 spiro atoms. The summed E-state index contributed by atoms with van der Waals surface area (Å²) in [7, 11) is -3.69. The van der Waals surface area contributed by atoms with Crippen molar-refractivity contribution in [2.45, 2.75) is 17.7 Å². The fourth-order valence-electron chi connectivity index (χ4n) is 3.29. The van der Waals surface area contributed by atoms with Crippen LogP contribution in [0.4, 0.5) is 9.52 Å². The molecule has 0 aliphatic carbocycles. The summed E-state index contributed by atoms with van der Waals surface area (Å²) in [6, 6.07) is 10.5. The molecule has 1 aliphatic heterocycles. The Morgan fingerprint density at radius 2 is 1.86 bits per heavy atom. The minimum atomic E-state index is -3.69. The maximum atomic E-state index is 13.1. The normalized spacial score (nSPS) is 16.2. The predicted octanol–water partition coefficient (Wildman–Crippen LogP) is 4.24. The van der Waals surface area contributed by atoms with Crippen molar-refractivity contribution in [3.05, 3.63) is 52.8 Å². The number of amides is 1. The van der Waals surface area contributed by atoms with Crippen LogP contribution in [0, 0.1) is 11.7 Å². The van der Waals surface area contributed by atoms with Crippen LogP contribution in [0.2, 0.25) is 0 Å². The molecule has 1 N–H and O–H groups in total. The van der Waals surface area contributed by atoms with Gasteiger partial charge in [0.1, 0.15) is 5.82 Å². The third-order valence-electron chi connectivity index (χ3n) is 4.88. The average Bonchev–Trinajstić information content (AvgIpc) is 3.12. The third kappa shape index (κ3) is 4.20. The number of nitrogens with zero attached hydrogens (tertiary/aromatic N) is 2. The highest BCUT2D eigenvalue weighted by molar-refractivity contribution is 9.10. The van der Waals surface area contributed by atoms with E-state index in [9.17, 15) is 17.6 Å². The fraction of sp³-hybridized carbons (Fsp3) is 0.263. The van der Waals surface area contributed by atoms with Gasteiger partial charge < -0.3 is 5.32 Å². The van der Waals surface area contributed by atoms with Gasteiger partial charge >= 0.3 is 0 Å². The van der Waals surface area contributed by atoms with Crippen molar-refractivity contribution in [1.82, 2.24) is 9.29 Å². The van der Waals surface area contributed by atoms with Crippen LogP contribution in [0.3, 0.4) is 0 Å². The Morgan fingerprint density at radius 1 is 1.17 bits per heavy atom. The van der Waals surface area contributed by atoms with Crippen molar-refractivity contribution in [2.75, 3.05) is 18.4 Å². The van der Waals surface area contributed by atoms with Crippen LogP contribution in [-0.4, -0.2) is 36.7 Å². The van der Waals surface area contributed by atoms with E-state index < -0.39 is 15.8 Å². The van der Waals surface area contributed by atoms with Crippen LogP contribution in [0.15, 0.2) is 51.8 Å². The van der Waals surface area contributed by atoms with Gasteiger partial charge in [0.05, 0.1) is 15.1 Å². The van der Waals surface area contributed by atoms with Gasteiger partial charge in [-0.15, -0.1) is 0 Å². The number of nitrogens with one attached hydrogen (secondary N) is 1. The molecule has 10 heteroatoms. The number of piperidine rings is 1. The first-order valence-corrected chi connectivity index (χ1v) is 12.0. The van der Waals surface area contributed by atoms with Crippen molar-refractivity contribution in [2.24, 2.45) is 5.92 Å². The summed E-state index contributed by atoms with van der Waals surface area (Å²) in [5.41, 5.74) is 0.799. The molecule has 4 rings (SSSR count). The van der Waals surface area contributed by atoms with Gasteiger partial charge in [0, 0.05) is 23.5 Å². The number of sulfonamides is 1. The molecule has 0 unspecified atom stereocenters. The van der Waals surface area contributed by atoms with E-state index >= 15 is 0 Å². The summed E-state index contributed by atoms with van der Waals surface area (Å²) < 4.78 is 41.6. The third-order valence-corrected chi connectivity index (χ3v) is 8.36. The van der Waals surface area contributed by atoms with Gasteiger partial charge in [-0.2, -0.15) is 4.31 Å². The maximum Gasteiger partial charge on any atom is 0.243 e. The molecule has 1 amide bonds. The predicted molar refractivity (Wildman–Crippen MR) is 114 cm³/mol. The Bertz CT molecular complexity index is 1160. The van der Waals surface area contributed by atoms with E-state index in [1.807, 2.05) is 18.2 Å². The van der Waals surface area contributed by atoms with E-state index in [-0.39, 0.29) is 29.8 Å². The molecular weight excluding hydrogens is 481 g/mol. The quantitative estimate of drug-likeness (QED) is 0.584. The number of anilines is 1. The van der Waals surface area contributed by atoms with Crippen molar-refractivity contribution >= 4 is 58.5 Å². The molecule has 0 bridgehead atoms. The number of halogens is 2. The van der Waals surface area contributed by atoms with E-state index in [1.165, 1.54) is 27.8 Å². The minimum absolute atomic E-state index is 0.0573. The smallest absolute Gasteiger partial charge is 0.243 e. The van der Waals surface area contributed by atoms with Crippen LogP contribution in [0.25, 0.3) is 10.2 Å². The zero-order chi connectivity index (χ0) is 20.6. The first-order valence-electron chi connectivity index (χ1n) is 8.96. The van der Waals surface area contributed by atoms with Crippen molar-refractivity contribution in [3.63, 3.8) is 0 Å². The van der Waals surface area contributed by atoms with E-state index in [2.05, 4.69) is 26.2 Å². The molecule has 6 nitrogen and oxygen atoms in total. The number of aromatic nitrogens is 1. The Balaban J connectivity index is 1.40. The molecule has 1 saturated heterocycles. The largest absolute Gasteiger partial charge is 0.302 e. The van der Waals surface area contributed by atoms with Gasteiger partial charge in [-0.25, -0.2) is 17.8 Å². The first-order chi connectivity index (χ1) is 13.8. The van der Waals surface area contributed by atoms with Crippen molar-refractivity contribution in [1.29, 1.82) is 0 Å².